The highest BCUT2D eigenvalue weighted by Gasteiger charge is 2.21. The number of nitrogens with zero attached hydrogens (tertiary/aromatic N) is 1. The van der Waals surface area contributed by atoms with E-state index in [4.69, 9.17) is 4.42 Å². The number of hydrogen-bond acceptors (Lipinski definition) is 3. The Morgan fingerprint density at radius 2 is 2.17 bits per heavy atom. The van der Waals surface area contributed by atoms with Crippen LogP contribution in [0.3, 0.4) is 0 Å². The van der Waals surface area contributed by atoms with Gasteiger partial charge in [0.05, 0.1) is 18.2 Å². The molecule has 0 aromatic carbocycles. The topological polar surface area (TPSA) is 65.7 Å². The molecule has 0 aliphatic heterocycles. The van der Waals surface area contributed by atoms with Gasteiger partial charge in [0.1, 0.15) is 11.5 Å². The van der Waals surface area contributed by atoms with E-state index < -0.39 is 5.60 Å². The van der Waals surface area contributed by atoms with E-state index in [1.807, 2.05) is 26.0 Å². The van der Waals surface area contributed by atoms with Crippen molar-refractivity contribution in [2.75, 3.05) is 13.6 Å². The lowest BCUT2D eigenvalue weighted by molar-refractivity contribution is 0.0527. The Kier molecular flexibility index (Phi) is 4.40. The molecule has 0 aliphatic carbocycles. The summed E-state index contributed by atoms with van der Waals surface area (Å²) >= 11 is 0. The number of amides is 2. The first-order chi connectivity index (χ1) is 8.19. The smallest absolute Gasteiger partial charge is 0.317 e. The van der Waals surface area contributed by atoms with Gasteiger partial charge in [-0.15, -0.1) is 0 Å². The number of hydrogen-bond donors (Lipinski definition) is 2. The molecule has 0 bridgehead atoms. The van der Waals surface area contributed by atoms with E-state index in [9.17, 15) is 9.90 Å². The third kappa shape index (κ3) is 4.41. The number of urea groups is 1. The minimum atomic E-state index is -0.906. The van der Waals surface area contributed by atoms with E-state index in [1.165, 1.54) is 4.90 Å². The van der Waals surface area contributed by atoms with Gasteiger partial charge in [0.15, 0.2) is 0 Å². The molecule has 2 N–H and O–H groups in total. The van der Waals surface area contributed by atoms with E-state index in [0.29, 0.717) is 0 Å². The van der Waals surface area contributed by atoms with Gasteiger partial charge < -0.3 is 19.7 Å². The fourth-order valence-corrected chi connectivity index (χ4v) is 1.70. The van der Waals surface area contributed by atoms with Gasteiger partial charge in [0.25, 0.3) is 0 Å². The molecule has 1 atom stereocenters. The first-order valence-corrected chi connectivity index (χ1v) is 5.99. The van der Waals surface area contributed by atoms with Crippen LogP contribution >= 0.6 is 0 Å². The van der Waals surface area contributed by atoms with Crippen LogP contribution in [0.15, 0.2) is 16.5 Å². The number of nitrogens with one attached hydrogen (secondary N) is 1. The van der Waals surface area contributed by atoms with Crippen molar-refractivity contribution >= 4 is 6.03 Å². The molecular weight excluding hydrogens is 232 g/mol. The van der Waals surface area contributed by atoms with Gasteiger partial charge in [0.2, 0.25) is 0 Å². The number of aryl methyl sites for hydroxylation is 1. The lowest BCUT2D eigenvalue weighted by atomic mass is 10.1. The number of likely N-dealkylation sites (N-methyl/N-ethyl adjacent to an activating group) is 1. The van der Waals surface area contributed by atoms with Gasteiger partial charge >= 0.3 is 6.03 Å². The molecule has 18 heavy (non-hydrogen) atoms. The number of carbonyl (C=O) groups excluding carboxylic acids is 1. The quantitative estimate of drug-likeness (QED) is 0.864. The molecule has 0 saturated carbocycles. The van der Waals surface area contributed by atoms with Crippen LogP contribution in [0.2, 0.25) is 0 Å². The van der Waals surface area contributed by atoms with E-state index >= 15 is 0 Å². The van der Waals surface area contributed by atoms with Crippen LogP contribution in [0.25, 0.3) is 0 Å². The van der Waals surface area contributed by atoms with Crippen LogP contribution in [0.4, 0.5) is 4.79 Å². The molecule has 0 radical (unpaired) electrons. The van der Waals surface area contributed by atoms with Crippen LogP contribution in [-0.4, -0.2) is 35.2 Å². The SMILES string of the molecule is Cc1ccc(C(C)NC(=O)N(C)CC(C)(C)O)o1. The summed E-state index contributed by atoms with van der Waals surface area (Å²) < 4.78 is 5.44. The maximum absolute atomic E-state index is 11.9. The summed E-state index contributed by atoms with van der Waals surface area (Å²) in [6, 6.07) is 3.27. The standard InChI is InChI=1S/C13H22N2O3/c1-9-6-7-11(18-9)10(2)14-12(16)15(5)8-13(3,4)17/h6-7,10,17H,8H2,1-5H3,(H,14,16). The molecule has 1 aromatic heterocycles. The van der Waals surface area contributed by atoms with E-state index in [0.717, 1.165) is 11.5 Å². The Hall–Kier alpha value is -1.49. The number of aliphatic hydroxyl groups is 1. The Labute approximate surface area is 108 Å². The number of rotatable bonds is 4. The second-order valence-corrected chi connectivity index (χ2v) is 5.29. The maximum atomic E-state index is 11.9. The average Bonchev–Trinajstić information content (AvgIpc) is 2.62. The highest BCUT2D eigenvalue weighted by atomic mass is 16.3. The molecule has 0 spiro atoms. The molecule has 1 unspecified atom stereocenters. The molecule has 0 fully saturated rings. The molecule has 5 nitrogen and oxygen atoms in total. The van der Waals surface area contributed by atoms with Crippen molar-refractivity contribution in [3.8, 4) is 0 Å². The largest absolute Gasteiger partial charge is 0.464 e. The van der Waals surface area contributed by atoms with Gasteiger partial charge in [-0.3, -0.25) is 0 Å². The van der Waals surface area contributed by atoms with Crippen molar-refractivity contribution in [3.63, 3.8) is 0 Å². The summed E-state index contributed by atoms with van der Waals surface area (Å²) in [6.07, 6.45) is 0. The zero-order valence-electron chi connectivity index (χ0n) is 11.7. The molecule has 1 aromatic rings. The average molecular weight is 254 g/mol. The second kappa shape index (κ2) is 5.44. The first-order valence-electron chi connectivity index (χ1n) is 5.99. The van der Waals surface area contributed by atoms with E-state index in [2.05, 4.69) is 5.32 Å². The molecule has 0 saturated heterocycles. The highest BCUT2D eigenvalue weighted by Crippen LogP contribution is 2.15. The van der Waals surface area contributed by atoms with Gasteiger partial charge in [-0.1, -0.05) is 0 Å². The maximum Gasteiger partial charge on any atom is 0.317 e. The summed E-state index contributed by atoms with van der Waals surface area (Å²) in [6.45, 7) is 7.31. The van der Waals surface area contributed by atoms with Gasteiger partial charge in [0, 0.05) is 7.05 Å². The van der Waals surface area contributed by atoms with Crippen molar-refractivity contribution in [2.45, 2.75) is 39.3 Å². The third-order valence-electron chi connectivity index (χ3n) is 2.50. The van der Waals surface area contributed by atoms with Gasteiger partial charge in [-0.25, -0.2) is 4.79 Å². The summed E-state index contributed by atoms with van der Waals surface area (Å²) in [5, 5.41) is 12.5. The van der Waals surface area contributed by atoms with Gasteiger partial charge in [-0.2, -0.15) is 0 Å². The third-order valence-corrected chi connectivity index (χ3v) is 2.50. The van der Waals surface area contributed by atoms with Crippen LogP contribution in [0.1, 0.15) is 38.3 Å². The summed E-state index contributed by atoms with van der Waals surface area (Å²) in [7, 11) is 1.65. The normalized spacial score (nSPS) is 13.2. The minimum Gasteiger partial charge on any atom is -0.464 e. The number of carbonyl (C=O) groups is 1. The van der Waals surface area contributed by atoms with E-state index in [-0.39, 0.29) is 18.6 Å². The Bertz CT molecular complexity index is 407. The van der Waals surface area contributed by atoms with Crippen LogP contribution in [0, 0.1) is 6.92 Å². The second-order valence-electron chi connectivity index (χ2n) is 5.29. The van der Waals surface area contributed by atoms with Crippen molar-refractivity contribution in [1.29, 1.82) is 0 Å². The predicted molar refractivity (Wildman–Crippen MR) is 69.3 cm³/mol. The van der Waals surface area contributed by atoms with Crippen LogP contribution in [-0.2, 0) is 0 Å². The Balaban J connectivity index is 2.54. The zero-order chi connectivity index (χ0) is 13.9. The lowest BCUT2D eigenvalue weighted by Gasteiger charge is -2.26. The predicted octanol–water partition coefficient (Wildman–Crippen LogP) is 2.06. The fraction of sp³-hybridized carbons (Fsp3) is 0.615. The lowest BCUT2D eigenvalue weighted by Crippen LogP contribution is -2.45. The van der Waals surface area contributed by atoms with E-state index in [1.54, 1.807) is 20.9 Å². The van der Waals surface area contributed by atoms with Crippen molar-refractivity contribution in [1.82, 2.24) is 10.2 Å². The van der Waals surface area contributed by atoms with Crippen molar-refractivity contribution < 1.29 is 14.3 Å². The minimum absolute atomic E-state index is 0.199. The fourth-order valence-electron chi connectivity index (χ4n) is 1.70. The molecule has 102 valence electrons. The first kappa shape index (κ1) is 14.6. The molecule has 0 aliphatic rings. The molecule has 1 heterocycles. The Morgan fingerprint density at radius 1 is 1.56 bits per heavy atom. The van der Waals surface area contributed by atoms with Crippen LogP contribution in [0.5, 0.6) is 0 Å². The summed E-state index contributed by atoms with van der Waals surface area (Å²) in [4.78, 5) is 13.3. The number of furan rings is 1. The highest BCUT2D eigenvalue weighted by molar-refractivity contribution is 5.74. The van der Waals surface area contributed by atoms with Crippen LogP contribution < -0.4 is 5.32 Å². The zero-order valence-corrected chi connectivity index (χ0v) is 11.7. The van der Waals surface area contributed by atoms with Crippen molar-refractivity contribution in [2.24, 2.45) is 0 Å². The molecule has 5 heteroatoms. The molecule has 1 rings (SSSR count). The monoisotopic (exact) mass is 254 g/mol. The Morgan fingerprint density at radius 3 is 2.61 bits per heavy atom. The molecular formula is C13H22N2O3. The molecule has 2 amide bonds. The van der Waals surface area contributed by atoms with Gasteiger partial charge in [-0.05, 0) is 39.8 Å². The van der Waals surface area contributed by atoms with Crippen molar-refractivity contribution in [3.05, 3.63) is 23.7 Å². The summed E-state index contributed by atoms with van der Waals surface area (Å²) in [5.74, 6) is 1.54. The summed E-state index contributed by atoms with van der Waals surface area (Å²) in [5.41, 5.74) is -0.906.